The summed E-state index contributed by atoms with van der Waals surface area (Å²) in [5.74, 6) is -0.795. The summed E-state index contributed by atoms with van der Waals surface area (Å²) in [5.41, 5.74) is 0.145. The molecule has 4 heteroatoms. The summed E-state index contributed by atoms with van der Waals surface area (Å²) >= 11 is 0. The number of ketones is 1. The van der Waals surface area contributed by atoms with Gasteiger partial charge in [0.1, 0.15) is 0 Å². The molecule has 1 rings (SSSR count). The molecule has 0 spiro atoms. The second-order valence-corrected chi connectivity index (χ2v) is 3.33. The first-order valence-electron chi connectivity index (χ1n) is 4.69. The lowest BCUT2D eigenvalue weighted by Gasteiger charge is -2.06. The number of hydrogen-bond acceptors (Lipinski definition) is 4. The van der Waals surface area contributed by atoms with E-state index in [2.05, 4.69) is 10.1 Å². The van der Waals surface area contributed by atoms with Crippen molar-refractivity contribution in [2.75, 3.05) is 13.7 Å². The summed E-state index contributed by atoms with van der Waals surface area (Å²) in [6.07, 6.45) is 3.71. The first kappa shape index (κ1) is 10.9. The van der Waals surface area contributed by atoms with Crippen molar-refractivity contribution in [2.24, 2.45) is 0 Å². The average molecular weight is 197 g/mol. The number of esters is 1. The van der Waals surface area contributed by atoms with Gasteiger partial charge in [0.2, 0.25) is 0 Å². The summed E-state index contributed by atoms with van der Waals surface area (Å²) in [5, 5.41) is 3.18. The fourth-order valence-electron chi connectivity index (χ4n) is 1.49. The van der Waals surface area contributed by atoms with E-state index in [0.29, 0.717) is 0 Å². The molecule has 0 saturated carbocycles. The van der Waals surface area contributed by atoms with Crippen molar-refractivity contribution >= 4 is 11.8 Å². The predicted molar refractivity (Wildman–Crippen MR) is 51.8 cm³/mol. The van der Waals surface area contributed by atoms with Crippen molar-refractivity contribution in [3.8, 4) is 0 Å². The maximum atomic E-state index is 11.2. The fourth-order valence-corrected chi connectivity index (χ4v) is 1.49. The normalized spacial score (nSPS) is 22.1. The summed E-state index contributed by atoms with van der Waals surface area (Å²) in [6, 6.07) is 0.132. The van der Waals surface area contributed by atoms with Gasteiger partial charge in [0.05, 0.1) is 12.7 Å². The first-order chi connectivity index (χ1) is 6.65. The average Bonchev–Trinajstić information content (AvgIpc) is 2.65. The lowest BCUT2D eigenvalue weighted by molar-refractivity contribution is -0.137. The van der Waals surface area contributed by atoms with Crippen LogP contribution in [0.25, 0.3) is 0 Å². The molecule has 1 N–H and O–H groups in total. The van der Waals surface area contributed by atoms with Crippen molar-refractivity contribution in [2.45, 2.75) is 25.8 Å². The van der Waals surface area contributed by atoms with Crippen LogP contribution in [0.1, 0.15) is 19.8 Å². The molecule has 1 saturated heterocycles. The van der Waals surface area contributed by atoms with Gasteiger partial charge >= 0.3 is 5.97 Å². The van der Waals surface area contributed by atoms with Gasteiger partial charge in [-0.3, -0.25) is 4.79 Å². The van der Waals surface area contributed by atoms with Gasteiger partial charge in [-0.25, -0.2) is 4.79 Å². The van der Waals surface area contributed by atoms with Crippen LogP contribution in [0, 0.1) is 0 Å². The van der Waals surface area contributed by atoms with Crippen molar-refractivity contribution in [3.63, 3.8) is 0 Å². The number of rotatable bonds is 3. The van der Waals surface area contributed by atoms with Gasteiger partial charge in [0.25, 0.3) is 0 Å². The summed E-state index contributed by atoms with van der Waals surface area (Å²) in [6.45, 7) is 2.31. The van der Waals surface area contributed by atoms with E-state index >= 15 is 0 Å². The zero-order valence-corrected chi connectivity index (χ0v) is 8.50. The van der Waals surface area contributed by atoms with Crippen LogP contribution in [0.3, 0.4) is 0 Å². The van der Waals surface area contributed by atoms with Crippen molar-refractivity contribution in [1.29, 1.82) is 0 Å². The topological polar surface area (TPSA) is 55.4 Å². The lowest BCUT2D eigenvalue weighted by atomic mass is 10.1. The Morgan fingerprint density at radius 2 is 2.21 bits per heavy atom. The molecular weight excluding hydrogens is 182 g/mol. The Morgan fingerprint density at radius 1 is 1.50 bits per heavy atom. The molecule has 0 bridgehead atoms. The van der Waals surface area contributed by atoms with Gasteiger partial charge in [0, 0.05) is 6.04 Å². The summed E-state index contributed by atoms with van der Waals surface area (Å²) < 4.78 is 4.53. The highest BCUT2D eigenvalue weighted by Gasteiger charge is 2.19. The molecule has 1 aliphatic rings. The van der Waals surface area contributed by atoms with Gasteiger partial charge in [-0.05, 0) is 32.4 Å². The monoisotopic (exact) mass is 197 g/mol. The number of hydrogen-bond donors (Lipinski definition) is 1. The molecule has 1 fully saturated rings. The number of Topliss-reactive ketones (excluding diaryl/α,β-unsaturated/α-hetero) is 1. The Kier molecular flexibility index (Phi) is 3.83. The minimum Gasteiger partial charge on any atom is -0.465 e. The Morgan fingerprint density at radius 3 is 2.64 bits per heavy atom. The Balaban J connectivity index is 2.75. The third-order valence-corrected chi connectivity index (χ3v) is 2.25. The van der Waals surface area contributed by atoms with Crippen molar-refractivity contribution in [1.82, 2.24) is 5.32 Å². The Bertz CT molecular complexity index is 265. The third kappa shape index (κ3) is 2.67. The maximum Gasteiger partial charge on any atom is 0.341 e. The van der Waals surface area contributed by atoms with Gasteiger partial charge in [-0.15, -0.1) is 0 Å². The van der Waals surface area contributed by atoms with Crippen LogP contribution in [0.15, 0.2) is 11.6 Å². The Labute approximate surface area is 83.3 Å². The summed E-state index contributed by atoms with van der Waals surface area (Å²) in [4.78, 5) is 22.3. The van der Waals surface area contributed by atoms with Crippen LogP contribution < -0.4 is 5.32 Å². The van der Waals surface area contributed by atoms with E-state index in [9.17, 15) is 9.59 Å². The quantitative estimate of drug-likeness (QED) is 0.308. The predicted octanol–water partition coefficient (Wildman–Crippen LogP) is 0.427. The molecule has 0 aliphatic carbocycles. The van der Waals surface area contributed by atoms with Crippen LogP contribution in [0.4, 0.5) is 0 Å². The molecule has 0 aromatic carbocycles. The number of ether oxygens (including phenoxy) is 1. The zero-order valence-electron chi connectivity index (χ0n) is 8.50. The highest BCUT2D eigenvalue weighted by Crippen LogP contribution is 2.10. The minimum atomic E-state index is -0.550. The van der Waals surface area contributed by atoms with Gasteiger partial charge < -0.3 is 10.1 Å². The van der Waals surface area contributed by atoms with E-state index in [1.165, 1.54) is 14.0 Å². The maximum absolute atomic E-state index is 11.2. The minimum absolute atomic E-state index is 0.132. The highest BCUT2D eigenvalue weighted by atomic mass is 16.5. The third-order valence-electron chi connectivity index (χ3n) is 2.25. The van der Waals surface area contributed by atoms with E-state index < -0.39 is 5.97 Å². The summed E-state index contributed by atoms with van der Waals surface area (Å²) in [7, 11) is 1.28. The second-order valence-electron chi connectivity index (χ2n) is 3.33. The lowest BCUT2D eigenvalue weighted by Crippen LogP contribution is -2.22. The number of carbonyl (C=O) groups excluding carboxylic acids is 2. The van der Waals surface area contributed by atoms with Crippen LogP contribution in [-0.2, 0) is 14.3 Å². The SMILES string of the molecule is COC(=O)/C(=C/C1CCCN1)C(C)=O. The molecule has 1 heterocycles. The van der Waals surface area contributed by atoms with Gasteiger partial charge in [-0.2, -0.15) is 0 Å². The second kappa shape index (κ2) is 4.91. The van der Waals surface area contributed by atoms with E-state index in [1.54, 1.807) is 6.08 Å². The highest BCUT2D eigenvalue weighted by molar-refractivity contribution is 6.16. The molecule has 0 radical (unpaired) electrons. The standard InChI is InChI=1S/C10H15NO3/c1-7(12)9(10(13)14-2)6-8-4-3-5-11-8/h6,8,11H,3-5H2,1-2H3/b9-6+. The molecule has 1 unspecified atom stereocenters. The van der Waals surface area contributed by atoms with Gasteiger partial charge in [-0.1, -0.05) is 0 Å². The molecular formula is C10H15NO3. The van der Waals surface area contributed by atoms with Crippen molar-refractivity contribution in [3.05, 3.63) is 11.6 Å². The van der Waals surface area contributed by atoms with E-state index in [-0.39, 0.29) is 17.4 Å². The smallest absolute Gasteiger partial charge is 0.341 e. The Hall–Kier alpha value is -1.16. The molecule has 1 atom stereocenters. The first-order valence-corrected chi connectivity index (χ1v) is 4.69. The molecule has 78 valence electrons. The van der Waals surface area contributed by atoms with Crippen LogP contribution in [0.5, 0.6) is 0 Å². The fraction of sp³-hybridized carbons (Fsp3) is 0.600. The van der Waals surface area contributed by atoms with Gasteiger partial charge in [0.15, 0.2) is 5.78 Å². The zero-order chi connectivity index (χ0) is 10.6. The van der Waals surface area contributed by atoms with Crippen LogP contribution in [0.2, 0.25) is 0 Å². The number of methoxy groups -OCH3 is 1. The van der Waals surface area contributed by atoms with Crippen LogP contribution >= 0.6 is 0 Å². The van der Waals surface area contributed by atoms with E-state index in [4.69, 9.17) is 0 Å². The number of carbonyl (C=O) groups is 2. The molecule has 0 aromatic rings. The van der Waals surface area contributed by atoms with E-state index in [1.807, 2.05) is 0 Å². The largest absolute Gasteiger partial charge is 0.465 e. The molecule has 4 nitrogen and oxygen atoms in total. The number of nitrogens with one attached hydrogen (secondary N) is 1. The van der Waals surface area contributed by atoms with Crippen LogP contribution in [-0.4, -0.2) is 31.4 Å². The molecule has 14 heavy (non-hydrogen) atoms. The van der Waals surface area contributed by atoms with Crippen molar-refractivity contribution < 1.29 is 14.3 Å². The molecule has 0 amide bonds. The molecule has 1 aliphatic heterocycles. The van der Waals surface area contributed by atoms with E-state index in [0.717, 1.165) is 19.4 Å². The molecule has 0 aromatic heterocycles.